The molecule has 1 aliphatic rings. The van der Waals surface area contributed by atoms with E-state index < -0.39 is 11.8 Å². The SMILES string of the molecule is CCCN(CCC)c1ccc(C=NNC(=O)C(=Cc2ccc3c(c2)OCO3)NC(=O)c2ccccc2)cc1. The Morgan fingerprint density at radius 2 is 1.58 bits per heavy atom. The van der Waals surface area contributed by atoms with Crippen molar-refractivity contribution in [1.29, 1.82) is 0 Å². The van der Waals surface area contributed by atoms with E-state index >= 15 is 0 Å². The number of fused-ring (bicyclic) bond motifs is 1. The molecule has 1 aliphatic heterocycles. The molecule has 196 valence electrons. The summed E-state index contributed by atoms with van der Waals surface area (Å²) in [4.78, 5) is 28.2. The Balaban J connectivity index is 1.48. The van der Waals surface area contributed by atoms with E-state index in [2.05, 4.69) is 46.7 Å². The minimum absolute atomic E-state index is 0.0417. The Bertz CT molecular complexity index is 1300. The number of amides is 2. The number of rotatable bonds is 11. The second-order valence-corrected chi connectivity index (χ2v) is 8.77. The Morgan fingerprint density at radius 1 is 0.895 bits per heavy atom. The van der Waals surface area contributed by atoms with Crippen LogP contribution in [0.25, 0.3) is 6.08 Å². The Morgan fingerprint density at radius 3 is 2.29 bits per heavy atom. The second kappa shape index (κ2) is 13.1. The molecule has 8 heteroatoms. The van der Waals surface area contributed by atoms with Gasteiger partial charge in [-0.1, -0.05) is 50.2 Å². The van der Waals surface area contributed by atoms with E-state index in [1.54, 1.807) is 54.8 Å². The molecule has 0 saturated carbocycles. The number of ether oxygens (including phenoxy) is 2. The van der Waals surface area contributed by atoms with Crippen molar-refractivity contribution in [1.82, 2.24) is 10.7 Å². The van der Waals surface area contributed by atoms with E-state index in [9.17, 15) is 9.59 Å². The van der Waals surface area contributed by atoms with Gasteiger partial charge in [-0.05, 0) is 66.4 Å². The zero-order valence-electron chi connectivity index (χ0n) is 21.6. The number of nitrogens with one attached hydrogen (secondary N) is 2. The van der Waals surface area contributed by atoms with Crippen LogP contribution in [-0.4, -0.2) is 37.9 Å². The monoisotopic (exact) mass is 512 g/mol. The van der Waals surface area contributed by atoms with Gasteiger partial charge in [-0.2, -0.15) is 5.10 Å². The summed E-state index contributed by atoms with van der Waals surface area (Å²) in [7, 11) is 0. The van der Waals surface area contributed by atoms with Crippen LogP contribution in [0.4, 0.5) is 5.69 Å². The number of hydrogen-bond donors (Lipinski definition) is 2. The predicted molar refractivity (Wildman–Crippen MR) is 149 cm³/mol. The van der Waals surface area contributed by atoms with Gasteiger partial charge >= 0.3 is 0 Å². The topological polar surface area (TPSA) is 92.3 Å². The number of nitrogens with zero attached hydrogens (tertiary/aromatic N) is 2. The van der Waals surface area contributed by atoms with Crippen LogP contribution < -0.4 is 25.1 Å². The molecule has 0 radical (unpaired) electrons. The third kappa shape index (κ3) is 7.00. The fourth-order valence-corrected chi connectivity index (χ4v) is 4.02. The van der Waals surface area contributed by atoms with E-state index in [1.807, 2.05) is 18.2 Å². The molecule has 4 rings (SSSR count). The Hall–Kier alpha value is -4.59. The average Bonchev–Trinajstić information content (AvgIpc) is 3.41. The number of anilines is 1. The summed E-state index contributed by atoms with van der Waals surface area (Å²) < 4.78 is 10.8. The van der Waals surface area contributed by atoms with Crippen molar-refractivity contribution in [3.05, 3.63) is 95.2 Å². The van der Waals surface area contributed by atoms with Crippen molar-refractivity contribution in [3.8, 4) is 11.5 Å². The van der Waals surface area contributed by atoms with Crippen molar-refractivity contribution in [2.24, 2.45) is 5.10 Å². The normalized spacial score (nSPS) is 12.4. The van der Waals surface area contributed by atoms with Gasteiger partial charge in [0.15, 0.2) is 11.5 Å². The molecule has 38 heavy (non-hydrogen) atoms. The molecule has 0 bridgehead atoms. The van der Waals surface area contributed by atoms with Gasteiger partial charge in [0.25, 0.3) is 11.8 Å². The first-order chi connectivity index (χ1) is 18.6. The van der Waals surface area contributed by atoms with Crippen molar-refractivity contribution in [3.63, 3.8) is 0 Å². The molecule has 0 atom stereocenters. The molecule has 2 N–H and O–H groups in total. The minimum Gasteiger partial charge on any atom is -0.454 e. The lowest BCUT2D eigenvalue weighted by Crippen LogP contribution is -2.32. The van der Waals surface area contributed by atoms with Crippen LogP contribution >= 0.6 is 0 Å². The second-order valence-electron chi connectivity index (χ2n) is 8.77. The fraction of sp³-hybridized carbons (Fsp3) is 0.233. The molecule has 1 heterocycles. The fourth-order valence-electron chi connectivity index (χ4n) is 4.02. The molecule has 8 nitrogen and oxygen atoms in total. The third-order valence-electron chi connectivity index (χ3n) is 5.86. The molecule has 0 spiro atoms. The standard InChI is InChI=1S/C30H32N4O4/c1-3-16-34(17-4-2)25-13-10-22(11-14-25)20-31-33-30(36)26(32-29(35)24-8-6-5-7-9-24)18-23-12-15-27-28(19-23)38-21-37-27/h5-15,18-20H,3-4,16-17,21H2,1-2H3,(H,32,35)(H,33,36). The van der Waals surface area contributed by atoms with Crippen molar-refractivity contribution in [2.75, 3.05) is 24.8 Å². The first-order valence-electron chi connectivity index (χ1n) is 12.7. The van der Waals surface area contributed by atoms with Gasteiger partial charge in [0.1, 0.15) is 5.70 Å². The van der Waals surface area contributed by atoms with E-state index in [-0.39, 0.29) is 12.5 Å². The zero-order valence-corrected chi connectivity index (χ0v) is 21.6. The number of carbonyl (C=O) groups excluding carboxylic acids is 2. The lowest BCUT2D eigenvalue weighted by atomic mass is 10.1. The van der Waals surface area contributed by atoms with E-state index in [0.29, 0.717) is 22.6 Å². The molecule has 0 fully saturated rings. The summed E-state index contributed by atoms with van der Waals surface area (Å²) in [6, 6.07) is 22.0. The zero-order chi connectivity index (χ0) is 26.7. The van der Waals surface area contributed by atoms with Gasteiger partial charge in [-0.15, -0.1) is 0 Å². The number of benzene rings is 3. The summed E-state index contributed by atoms with van der Waals surface area (Å²) in [5.41, 5.74) is 5.66. The number of hydrogen-bond acceptors (Lipinski definition) is 6. The quantitative estimate of drug-likeness (QED) is 0.215. The number of hydrazone groups is 1. The van der Waals surface area contributed by atoms with Crippen LogP contribution in [0.3, 0.4) is 0 Å². The molecular weight excluding hydrogens is 480 g/mol. The molecule has 0 unspecified atom stereocenters. The van der Waals surface area contributed by atoms with Crippen LogP contribution in [-0.2, 0) is 4.79 Å². The van der Waals surface area contributed by atoms with Crippen LogP contribution in [0.2, 0.25) is 0 Å². The van der Waals surface area contributed by atoms with Gasteiger partial charge in [-0.25, -0.2) is 5.43 Å². The van der Waals surface area contributed by atoms with Gasteiger partial charge in [-0.3, -0.25) is 9.59 Å². The molecule has 0 aromatic heterocycles. The summed E-state index contributed by atoms with van der Waals surface area (Å²) in [6.07, 6.45) is 5.30. The highest BCUT2D eigenvalue weighted by Crippen LogP contribution is 2.33. The highest BCUT2D eigenvalue weighted by atomic mass is 16.7. The smallest absolute Gasteiger partial charge is 0.287 e. The Kier molecular flexibility index (Phi) is 9.12. The largest absolute Gasteiger partial charge is 0.454 e. The summed E-state index contributed by atoms with van der Waals surface area (Å²) >= 11 is 0. The summed E-state index contributed by atoms with van der Waals surface area (Å²) in [6.45, 7) is 6.49. The molecule has 3 aromatic carbocycles. The minimum atomic E-state index is -0.558. The maximum absolute atomic E-state index is 13.1. The van der Waals surface area contributed by atoms with Crippen LogP contribution in [0, 0.1) is 0 Å². The molecule has 0 aliphatic carbocycles. The van der Waals surface area contributed by atoms with Crippen molar-refractivity contribution < 1.29 is 19.1 Å². The van der Waals surface area contributed by atoms with Gasteiger partial charge < -0.3 is 19.7 Å². The highest BCUT2D eigenvalue weighted by Gasteiger charge is 2.17. The van der Waals surface area contributed by atoms with Gasteiger partial charge in [0.2, 0.25) is 6.79 Å². The van der Waals surface area contributed by atoms with E-state index in [4.69, 9.17) is 9.47 Å². The summed E-state index contributed by atoms with van der Waals surface area (Å²) in [5, 5.41) is 6.81. The average molecular weight is 513 g/mol. The molecule has 3 aromatic rings. The predicted octanol–water partition coefficient (Wildman–Crippen LogP) is 4.96. The molecule has 2 amide bonds. The number of carbonyl (C=O) groups is 2. The first-order valence-corrected chi connectivity index (χ1v) is 12.7. The molecule has 0 saturated heterocycles. The Labute approximate surface area is 223 Å². The van der Waals surface area contributed by atoms with Crippen molar-refractivity contribution >= 4 is 29.8 Å². The van der Waals surface area contributed by atoms with Crippen LogP contribution in [0.5, 0.6) is 11.5 Å². The van der Waals surface area contributed by atoms with Crippen LogP contribution in [0.15, 0.2) is 83.6 Å². The van der Waals surface area contributed by atoms with Gasteiger partial charge in [0.05, 0.1) is 6.21 Å². The van der Waals surface area contributed by atoms with E-state index in [1.165, 1.54) is 0 Å². The lowest BCUT2D eigenvalue weighted by Gasteiger charge is -2.23. The highest BCUT2D eigenvalue weighted by molar-refractivity contribution is 6.05. The maximum Gasteiger partial charge on any atom is 0.287 e. The summed E-state index contributed by atoms with van der Waals surface area (Å²) in [5.74, 6) is 0.239. The lowest BCUT2D eigenvalue weighted by molar-refractivity contribution is -0.117. The van der Waals surface area contributed by atoms with Gasteiger partial charge in [0, 0.05) is 24.3 Å². The third-order valence-corrected chi connectivity index (χ3v) is 5.86. The van der Waals surface area contributed by atoms with Crippen molar-refractivity contribution in [2.45, 2.75) is 26.7 Å². The molecular formula is C30H32N4O4. The first kappa shape index (κ1) is 26.5. The van der Waals surface area contributed by atoms with Crippen LogP contribution in [0.1, 0.15) is 48.2 Å². The van der Waals surface area contributed by atoms with E-state index in [0.717, 1.165) is 37.2 Å². The maximum atomic E-state index is 13.1.